The van der Waals surface area contributed by atoms with E-state index in [4.69, 9.17) is 22.1 Å². The first-order valence-electron chi connectivity index (χ1n) is 8.15. The largest absolute Gasteiger partial charge is 0.495 e. The molecule has 24 heavy (non-hydrogen) atoms. The van der Waals surface area contributed by atoms with Crippen molar-refractivity contribution < 1.29 is 4.74 Å². The van der Waals surface area contributed by atoms with Gasteiger partial charge in [0.25, 0.3) is 0 Å². The standard InChI is InChI=1S/C19H20ClN3O/c1-24-17-7-6-12(9-16(17)20)23-19(21)22-10-15-14-8-11-4-2-3-5-13(11)18(14)15/h2-7,9,14-15,18H,8,10H2,1H3,(H3,21,22,23). The lowest BCUT2D eigenvalue weighted by Crippen LogP contribution is -2.23. The summed E-state index contributed by atoms with van der Waals surface area (Å²) in [5.41, 5.74) is 9.84. The van der Waals surface area contributed by atoms with Gasteiger partial charge in [-0.25, -0.2) is 0 Å². The number of benzene rings is 2. The number of nitrogens with one attached hydrogen (secondary N) is 1. The van der Waals surface area contributed by atoms with Crippen LogP contribution in [-0.4, -0.2) is 19.6 Å². The van der Waals surface area contributed by atoms with Crippen molar-refractivity contribution in [3.63, 3.8) is 0 Å². The summed E-state index contributed by atoms with van der Waals surface area (Å²) in [5.74, 6) is 3.11. The van der Waals surface area contributed by atoms with Gasteiger partial charge in [-0.05, 0) is 53.5 Å². The van der Waals surface area contributed by atoms with E-state index in [-0.39, 0.29) is 0 Å². The highest BCUT2D eigenvalue weighted by atomic mass is 35.5. The zero-order chi connectivity index (χ0) is 16.7. The predicted molar refractivity (Wildman–Crippen MR) is 98.0 cm³/mol. The average molecular weight is 342 g/mol. The Bertz CT molecular complexity index is 805. The molecular weight excluding hydrogens is 322 g/mol. The van der Waals surface area contributed by atoms with Crippen molar-refractivity contribution in [2.45, 2.75) is 12.3 Å². The second-order valence-electron chi connectivity index (χ2n) is 6.46. The summed E-state index contributed by atoms with van der Waals surface area (Å²) >= 11 is 6.12. The highest BCUT2D eigenvalue weighted by molar-refractivity contribution is 6.32. The maximum atomic E-state index is 6.12. The van der Waals surface area contributed by atoms with Gasteiger partial charge in [-0.15, -0.1) is 0 Å². The van der Waals surface area contributed by atoms with Gasteiger partial charge < -0.3 is 15.8 Å². The van der Waals surface area contributed by atoms with Crippen molar-refractivity contribution in [1.82, 2.24) is 0 Å². The van der Waals surface area contributed by atoms with E-state index < -0.39 is 0 Å². The number of guanidine groups is 1. The summed E-state index contributed by atoms with van der Waals surface area (Å²) in [7, 11) is 1.59. The Kier molecular flexibility index (Phi) is 3.85. The molecule has 3 unspecified atom stereocenters. The Morgan fingerprint density at radius 3 is 2.96 bits per heavy atom. The Morgan fingerprint density at radius 2 is 2.17 bits per heavy atom. The van der Waals surface area contributed by atoms with Crippen LogP contribution in [-0.2, 0) is 6.42 Å². The van der Waals surface area contributed by atoms with E-state index in [9.17, 15) is 0 Å². The molecule has 3 atom stereocenters. The van der Waals surface area contributed by atoms with Gasteiger partial charge in [-0.3, -0.25) is 4.99 Å². The van der Waals surface area contributed by atoms with E-state index in [2.05, 4.69) is 34.6 Å². The van der Waals surface area contributed by atoms with E-state index in [1.807, 2.05) is 6.07 Å². The normalized spacial score (nSPS) is 24.2. The summed E-state index contributed by atoms with van der Waals surface area (Å²) in [6, 6.07) is 14.2. The van der Waals surface area contributed by atoms with Crippen LogP contribution < -0.4 is 15.8 Å². The Hall–Kier alpha value is -2.20. The van der Waals surface area contributed by atoms with Gasteiger partial charge in [0.05, 0.1) is 12.1 Å². The second-order valence-corrected chi connectivity index (χ2v) is 6.86. The third-order valence-corrected chi connectivity index (χ3v) is 5.39. The molecule has 2 aromatic carbocycles. The molecule has 0 radical (unpaired) electrons. The van der Waals surface area contributed by atoms with E-state index in [1.54, 1.807) is 19.2 Å². The number of methoxy groups -OCH3 is 1. The number of nitrogens with zero attached hydrogens (tertiary/aromatic N) is 1. The fourth-order valence-electron chi connectivity index (χ4n) is 3.87. The number of ether oxygens (including phenoxy) is 1. The van der Waals surface area contributed by atoms with Crippen molar-refractivity contribution >= 4 is 23.2 Å². The van der Waals surface area contributed by atoms with Crippen LogP contribution in [0.5, 0.6) is 5.75 Å². The zero-order valence-electron chi connectivity index (χ0n) is 13.5. The van der Waals surface area contributed by atoms with Crippen LogP contribution in [0.25, 0.3) is 0 Å². The summed E-state index contributed by atoms with van der Waals surface area (Å²) in [6.07, 6.45) is 1.18. The van der Waals surface area contributed by atoms with Gasteiger partial charge in [0.15, 0.2) is 5.96 Å². The maximum Gasteiger partial charge on any atom is 0.193 e. The molecule has 2 aliphatic carbocycles. The first-order valence-corrected chi connectivity index (χ1v) is 8.53. The maximum absolute atomic E-state index is 6.12. The number of fused-ring (bicyclic) bond motifs is 3. The van der Waals surface area contributed by atoms with Crippen LogP contribution in [0.1, 0.15) is 17.0 Å². The first-order chi connectivity index (χ1) is 11.7. The van der Waals surface area contributed by atoms with Crippen molar-refractivity contribution in [3.8, 4) is 5.75 Å². The van der Waals surface area contributed by atoms with Crippen LogP contribution in [0.15, 0.2) is 47.5 Å². The highest BCUT2D eigenvalue weighted by Gasteiger charge is 2.54. The zero-order valence-corrected chi connectivity index (χ0v) is 14.3. The molecule has 0 aromatic heterocycles. The molecular formula is C19H20ClN3O. The SMILES string of the molecule is COc1ccc(NC(N)=NCC2C3Cc4ccccc4C23)cc1Cl. The van der Waals surface area contributed by atoms with Crippen LogP contribution in [0.3, 0.4) is 0 Å². The van der Waals surface area contributed by atoms with Crippen LogP contribution in [0.4, 0.5) is 5.69 Å². The van der Waals surface area contributed by atoms with E-state index in [0.29, 0.717) is 28.6 Å². The van der Waals surface area contributed by atoms with E-state index in [1.165, 1.54) is 17.5 Å². The minimum Gasteiger partial charge on any atom is -0.495 e. The third-order valence-electron chi connectivity index (χ3n) is 5.10. The van der Waals surface area contributed by atoms with Gasteiger partial charge in [-0.2, -0.15) is 0 Å². The number of hydrogen-bond donors (Lipinski definition) is 2. The molecule has 4 rings (SSSR count). The summed E-state index contributed by atoms with van der Waals surface area (Å²) in [4.78, 5) is 4.52. The number of anilines is 1. The minimum absolute atomic E-state index is 0.425. The topological polar surface area (TPSA) is 59.6 Å². The molecule has 0 saturated heterocycles. The van der Waals surface area contributed by atoms with Crippen LogP contribution in [0, 0.1) is 11.8 Å². The number of aliphatic imine (C=N–C) groups is 1. The fourth-order valence-corrected chi connectivity index (χ4v) is 4.13. The smallest absolute Gasteiger partial charge is 0.193 e. The van der Waals surface area contributed by atoms with Gasteiger partial charge in [0, 0.05) is 12.2 Å². The number of halogens is 1. The molecule has 3 N–H and O–H groups in total. The predicted octanol–water partition coefficient (Wildman–Crippen LogP) is 3.66. The van der Waals surface area contributed by atoms with Gasteiger partial charge in [0.1, 0.15) is 5.75 Å². The summed E-state index contributed by atoms with van der Waals surface area (Å²) < 4.78 is 5.14. The summed E-state index contributed by atoms with van der Waals surface area (Å²) in [6.45, 7) is 0.770. The fraction of sp³-hybridized carbons (Fsp3) is 0.316. The molecule has 0 aliphatic heterocycles. The molecule has 1 fully saturated rings. The molecule has 2 aromatic rings. The van der Waals surface area contributed by atoms with Crippen LogP contribution >= 0.6 is 11.6 Å². The lowest BCUT2D eigenvalue weighted by molar-refractivity contribution is 0.415. The number of nitrogens with two attached hydrogens (primary N) is 1. The van der Waals surface area contributed by atoms with Crippen molar-refractivity contribution in [2.75, 3.05) is 19.0 Å². The summed E-state index contributed by atoms with van der Waals surface area (Å²) in [5, 5.41) is 3.63. The second kappa shape index (κ2) is 6.02. The first kappa shape index (κ1) is 15.3. The Labute approximate surface area is 146 Å². The molecule has 0 bridgehead atoms. The van der Waals surface area contributed by atoms with Crippen molar-refractivity contribution in [3.05, 3.63) is 58.6 Å². The molecule has 0 spiro atoms. The molecule has 1 saturated carbocycles. The lowest BCUT2D eigenvalue weighted by atomic mass is 10.0. The Balaban J connectivity index is 1.37. The average Bonchev–Trinajstić information content (AvgIpc) is 3.11. The van der Waals surface area contributed by atoms with E-state index >= 15 is 0 Å². The Morgan fingerprint density at radius 1 is 1.33 bits per heavy atom. The minimum atomic E-state index is 0.425. The monoisotopic (exact) mass is 341 g/mol. The third kappa shape index (κ3) is 2.71. The molecule has 4 nitrogen and oxygen atoms in total. The highest BCUT2D eigenvalue weighted by Crippen LogP contribution is 2.61. The number of hydrogen-bond acceptors (Lipinski definition) is 2. The van der Waals surface area contributed by atoms with Crippen molar-refractivity contribution in [2.24, 2.45) is 22.6 Å². The van der Waals surface area contributed by atoms with Gasteiger partial charge >= 0.3 is 0 Å². The molecule has 124 valence electrons. The van der Waals surface area contributed by atoms with Crippen molar-refractivity contribution in [1.29, 1.82) is 0 Å². The van der Waals surface area contributed by atoms with Crippen LogP contribution in [0.2, 0.25) is 5.02 Å². The molecule has 2 aliphatic rings. The quantitative estimate of drug-likeness (QED) is 0.659. The lowest BCUT2D eigenvalue weighted by Gasteiger charge is -2.09. The molecule has 0 amide bonds. The van der Waals surface area contributed by atoms with Gasteiger partial charge in [-0.1, -0.05) is 35.9 Å². The van der Waals surface area contributed by atoms with E-state index in [0.717, 1.165) is 18.2 Å². The number of rotatable bonds is 4. The molecule has 5 heteroatoms. The van der Waals surface area contributed by atoms with Gasteiger partial charge in [0.2, 0.25) is 0 Å². The molecule has 0 heterocycles.